The van der Waals surface area contributed by atoms with Crippen LogP contribution in [0.1, 0.15) is 18.7 Å². The topological polar surface area (TPSA) is 60.2 Å². The lowest BCUT2D eigenvalue weighted by atomic mass is 9.79. The van der Waals surface area contributed by atoms with Crippen molar-refractivity contribution in [1.29, 1.82) is 0 Å². The molecule has 0 spiro atoms. The monoisotopic (exact) mass is 273 g/mol. The summed E-state index contributed by atoms with van der Waals surface area (Å²) in [7, 11) is 1.72. The molecule has 0 radical (unpaired) electrons. The van der Waals surface area contributed by atoms with Gasteiger partial charge in [0.25, 0.3) is 0 Å². The van der Waals surface area contributed by atoms with Crippen molar-refractivity contribution in [3.63, 3.8) is 0 Å². The van der Waals surface area contributed by atoms with Crippen LogP contribution >= 0.6 is 0 Å². The van der Waals surface area contributed by atoms with Crippen molar-refractivity contribution in [3.05, 3.63) is 36.2 Å². The van der Waals surface area contributed by atoms with Crippen LogP contribution in [0.4, 0.5) is 0 Å². The Kier molecular flexibility index (Phi) is 3.80. The molecular formula is C15H19N3O2. The molecule has 0 bridgehead atoms. The highest BCUT2D eigenvalue weighted by Gasteiger charge is 2.39. The first kappa shape index (κ1) is 13.3. The standard InChI is InChI=1S/C15H19N3O2/c1-19-11-15(7-9-16-10-8-15)14-17-13(18-20-14)12-5-3-2-4-6-12/h2-6,16H,7-11H2,1H3. The van der Waals surface area contributed by atoms with Crippen molar-refractivity contribution in [2.75, 3.05) is 26.8 Å². The van der Waals surface area contributed by atoms with E-state index in [1.54, 1.807) is 7.11 Å². The molecule has 0 unspecified atom stereocenters. The number of piperidine rings is 1. The first-order valence-corrected chi connectivity index (χ1v) is 6.93. The van der Waals surface area contributed by atoms with Crippen molar-refractivity contribution in [2.24, 2.45) is 0 Å². The van der Waals surface area contributed by atoms with Crippen LogP contribution in [0.5, 0.6) is 0 Å². The first-order valence-electron chi connectivity index (χ1n) is 6.93. The first-order chi connectivity index (χ1) is 9.84. The van der Waals surface area contributed by atoms with Crippen molar-refractivity contribution in [1.82, 2.24) is 15.5 Å². The fourth-order valence-corrected chi connectivity index (χ4v) is 2.74. The van der Waals surface area contributed by atoms with Crippen LogP contribution in [-0.2, 0) is 10.2 Å². The van der Waals surface area contributed by atoms with Gasteiger partial charge in [-0.15, -0.1) is 0 Å². The normalized spacial score (nSPS) is 18.1. The molecule has 1 aromatic carbocycles. The van der Waals surface area contributed by atoms with Gasteiger partial charge in [-0.1, -0.05) is 35.5 Å². The molecule has 1 fully saturated rings. The van der Waals surface area contributed by atoms with E-state index in [4.69, 9.17) is 9.26 Å². The molecule has 2 aromatic rings. The lowest BCUT2D eigenvalue weighted by molar-refractivity contribution is 0.0850. The number of benzene rings is 1. The fraction of sp³-hybridized carbons (Fsp3) is 0.467. The Morgan fingerprint density at radius 1 is 1.25 bits per heavy atom. The summed E-state index contributed by atoms with van der Waals surface area (Å²) in [5, 5.41) is 7.49. The summed E-state index contributed by atoms with van der Waals surface area (Å²) in [6.07, 6.45) is 1.91. The molecule has 0 saturated carbocycles. The molecule has 5 nitrogen and oxygen atoms in total. The van der Waals surface area contributed by atoms with Gasteiger partial charge in [0, 0.05) is 12.7 Å². The Balaban J connectivity index is 1.91. The zero-order chi connectivity index (χ0) is 13.8. The number of aromatic nitrogens is 2. The quantitative estimate of drug-likeness (QED) is 0.923. The minimum absolute atomic E-state index is 0.153. The van der Waals surface area contributed by atoms with Gasteiger partial charge in [0.15, 0.2) is 0 Å². The summed E-state index contributed by atoms with van der Waals surface area (Å²) in [5.74, 6) is 1.34. The number of hydrogen-bond acceptors (Lipinski definition) is 5. The maximum atomic E-state index is 5.55. The average Bonchev–Trinajstić information content (AvgIpc) is 3.00. The summed E-state index contributed by atoms with van der Waals surface area (Å²) in [4.78, 5) is 4.61. The SMILES string of the molecule is COCC1(c2nc(-c3ccccc3)no2)CCNCC1. The Bertz CT molecular complexity index is 542. The van der Waals surface area contributed by atoms with Gasteiger partial charge >= 0.3 is 0 Å². The second-order valence-corrected chi connectivity index (χ2v) is 5.25. The third kappa shape index (κ3) is 2.46. The van der Waals surface area contributed by atoms with Crippen LogP contribution in [0.2, 0.25) is 0 Å². The van der Waals surface area contributed by atoms with E-state index in [-0.39, 0.29) is 5.41 Å². The Morgan fingerprint density at radius 2 is 2.00 bits per heavy atom. The van der Waals surface area contributed by atoms with Crippen LogP contribution in [0.25, 0.3) is 11.4 Å². The molecular weight excluding hydrogens is 254 g/mol. The van der Waals surface area contributed by atoms with Crippen molar-refractivity contribution in [3.8, 4) is 11.4 Å². The minimum Gasteiger partial charge on any atom is -0.384 e. The van der Waals surface area contributed by atoms with E-state index in [2.05, 4.69) is 15.5 Å². The molecule has 5 heteroatoms. The van der Waals surface area contributed by atoms with Gasteiger partial charge in [-0.2, -0.15) is 4.98 Å². The summed E-state index contributed by atoms with van der Waals surface area (Å²) < 4.78 is 10.9. The number of methoxy groups -OCH3 is 1. The van der Waals surface area contributed by atoms with Gasteiger partial charge in [0.1, 0.15) is 0 Å². The van der Waals surface area contributed by atoms with Gasteiger partial charge in [0.05, 0.1) is 12.0 Å². The van der Waals surface area contributed by atoms with Crippen molar-refractivity contribution < 1.29 is 9.26 Å². The average molecular weight is 273 g/mol. The summed E-state index contributed by atoms with van der Waals surface area (Å²) in [6, 6.07) is 9.89. The van der Waals surface area contributed by atoms with Gasteiger partial charge < -0.3 is 14.6 Å². The summed E-state index contributed by atoms with van der Waals surface area (Å²) >= 11 is 0. The molecule has 0 aliphatic carbocycles. The van der Waals surface area contributed by atoms with Crippen LogP contribution < -0.4 is 5.32 Å². The maximum Gasteiger partial charge on any atom is 0.235 e. The van der Waals surface area contributed by atoms with E-state index >= 15 is 0 Å². The third-order valence-corrected chi connectivity index (χ3v) is 3.89. The molecule has 1 N–H and O–H groups in total. The zero-order valence-electron chi connectivity index (χ0n) is 11.6. The summed E-state index contributed by atoms with van der Waals surface area (Å²) in [6.45, 7) is 2.52. The van der Waals surface area contributed by atoms with E-state index in [9.17, 15) is 0 Å². The minimum atomic E-state index is -0.153. The highest BCUT2D eigenvalue weighted by atomic mass is 16.5. The lowest BCUT2D eigenvalue weighted by Crippen LogP contribution is -2.43. The van der Waals surface area contributed by atoms with E-state index in [1.165, 1.54) is 0 Å². The smallest absolute Gasteiger partial charge is 0.235 e. The zero-order valence-corrected chi connectivity index (χ0v) is 11.6. The molecule has 1 saturated heterocycles. The van der Waals surface area contributed by atoms with Crippen LogP contribution in [0.3, 0.4) is 0 Å². The van der Waals surface area contributed by atoms with E-state index in [0.717, 1.165) is 31.5 Å². The number of nitrogens with one attached hydrogen (secondary N) is 1. The molecule has 106 valence electrons. The van der Waals surface area contributed by atoms with Gasteiger partial charge in [-0.3, -0.25) is 0 Å². The number of rotatable bonds is 4. The third-order valence-electron chi connectivity index (χ3n) is 3.89. The Labute approximate surface area is 118 Å². The molecule has 1 aromatic heterocycles. The van der Waals surface area contributed by atoms with E-state index < -0.39 is 0 Å². The number of nitrogens with zero attached hydrogens (tertiary/aromatic N) is 2. The lowest BCUT2D eigenvalue weighted by Gasteiger charge is -2.33. The van der Waals surface area contributed by atoms with Crippen molar-refractivity contribution >= 4 is 0 Å². The predicted molar refractivity (Wildman–Crippen MR) is 75.4 cm³/mol. The Hall–Kier alpha value is -1.72. The van der Waals surface area contributed by atoms with E-state index in [0.29, 0.717) is 18.3 Å². The highest BCUT2D eigenvalue weighted by molar-refractivity contribution is 5.53. The highest BCUT2D eigenvalue weighted by Crippen LogP contribution is 2.33. The molecule has 1 aliphatic rings. The largest absolute Gasteiger partial charge is 0.384 e. The molecule has 0 atom stereocenters. The second-order valence-electron chi connectivity index (χ2n) is 5.25. The maximum absolute atomic E-state index is 5.55. The predicted octanol–water partition coefficient (Wildman–Crippen LogP) is 2.00. The van der Waals surface area contributed by atoms with Crippen LogP contribution in [0, 0.1) is 0 Å². The second kappa shape index (κ2) is 5.73. The van der Waals surface area contributed by atoms with Crippen LogP contribution in [0.15, 0.2) is 34.9 Å². The van der Waals surface area contributed by atoms with Crippen molar-refractivity contribution in [2.45, 2.75) is 18.3 Å². The molecule has 20 heavy (non-hydrogen) atoms. The fourth-order valence-electron chi connectivity index (χ4n) is 2.74. The van der Waals surface area contributed by atoms with Crippen LogP contribution in [-0.4, -0.2) is 36.9 Å². The molecule has 2 heterocycles. The Morgan fingerprint density at radius 3 is 2.70 bits per heavy atom. The van der Waals surface area contributed by atoms with Gasteiger partial charge in [-0.25, -0.2) is 0 Å². The molecule has 0 amide bonds. The number of ether oxygens (including phenoxy) is 1. The molecule has 1 aliphatic heterocycles. The van der Waals surface area contributed by atoms with Gasteiger partial charge in [-0.05, 0) is 25.9 Å². The molecule has 3 rings (SSSR count). The van der Waals surface area contributed by atoms with Gasteiger partial charge in [0.2, 0.25) is 11.7 Å². The van der Waals surface area contributed by atoms with E-state index in [1.807, 2.05) is 30.3 Å². The number of hydrogen-bond donors (Lipinski definition) is 1. The summed E-state index contributed by atoms with van der Waals surface area (Å²) in [5.41, 5.74) is 0.823.